The van der Waals surface area contributed by atoms with Gasteiger partial charge in [0, 0.05) is 5.69 Å². The SMILES string of the molecule is Cc1cccc(C)c1NNC(=O)Nc1c(C)cccc1C. The van der Waals surface area contributed by atoms with Gasteiger partial charge in [0.1, 0.15) is 0 Å². The van der Waals surface area contributed by atoms with Crippen LogP contribution in [0, 0.1) is 27.7 Å². The van der Waals surface area contributed by atoms with Gasteiger partial charge < -0.3 is 5.32 Å². The number of carbonyl (C=O) groups excluding carboxylic acids is 1. The number of hydrogen-bond acceptors (Lipinski definition) is 2. The van der Waals surface area contributed by atoms with E-state index in [2.05, 4.69) is 16.2 Å². The number of amides is 2. The smallest absolute Gasteiger partial charge is 0.306 e. The van der Waals surface area contributed by atoms with Crippen LogP contribution in [0.5, 0.6) is 0 Å². The van der Waals surface area contributed by atoms with E-state index in [-0.39, 0.29) is 6.03 Å². The molecule has 0 bridgehead atoms. The maximum Gasteiger partial charge on any atom is 0.337 e. The first kappa shape index (κ1) is 14.9. The Morgan fingerprint density at radius 3 is 1.67 bits per heavy atom. The highest BCUT2D eigenvalue weighted by Crippen LogP contribution is 2.20. The van der Waals surface area contributed by atoms with Crippen LogP contribution in [0.15, 0.2) is 36.4 Å². The summed E-state index contributed by atoms with van der Waals surface area (Å²) in [5, 5.41) is 2.88. The molecule has 0 aliphatic rings. The molecule has 0 saturated heterocycles. The fraction of sp³-hybridized carbons (Fsp3) is 0.235. The summed E-state index contributed by atoms with van der Waals surface area (Å²) in [6.07, 6.45) is 0. The molecular formula is C17H21N3O. The lowest BCUT2D eigenvalue weighted by molar-refractivity contribution is 0.254. The minimum absolute atomic E-state index is 0.282. The van der Waals surface area contributed by atoms with Crippen molar-refractivity contribution in [3.63, 3.8) is 0 Å². The van der Waals surface area contributed by atoms with Gasteiger partial charge in [0.05, 0.1) is 5.69 Å². The summed E-state index contributed by atoms with van der Waals surface area (Å²) >= 11 is 0. The standard InChI is InChI=1S/C17H21N3O/c1-11-7-5-8-12(2)15(11)18-17(21)20-19-16-13(3)9-6-10-14(16)4/h5-10,19H,1-4H3,(H2,18,20,21). The quantitative estimate of drug-likeness (QED) is 0.744. The van der Waals surface area contributed by atoms with E-state index in [9.17, 15) is 4.79 Å². The predicted molar refractivity (Wildman–Crippen MR) is 87.6 cm³/mol. The molecule has 3 N–H and O–H groups in total. The van der Waals surface area contributed by atoms with Crippen LogP contribution in [0.4, 0.5) is 16.2 Å². The number of aryl methyl sites for hydroxylation is 4. The van der Waals surface area contributed by atoms with E-state index in [0.717, 1.165) is 33.6 Å². The van der Waals surface area contributed by atoms with Gasteiger partial charge in [0.25, 0.3) is 0 Å². The molecule has 0 saturated carbocycles. The number of para-hydroxylation sites is 2. The third-order valence-electron chi connectivity index (χ3n) is 3.50. The number of hydrogen-bond donors (Lipinski definition) is 3. The molecule has 0 heterocycles. The van der Waals surface area contributed by atoms with Gasteiger partial charge in [0.2, 0.25) is 0 Å². The van der Waals surface area contributed by atoms with Gasteiger partial charge in [-0.25, -0.2) is 4.79 Å². The molecule has 110 valence electrons. The number of benzene rings is 2. The third-order valence-corrected chi connectivity index (χ3v) is 3.50. The molecule has 4 nitrogen and oxygen atoms in total. The number of carbonyl (C=O) groups is 1. The number of nitrogens with one attached hydrogen (secondary N) is 3. The molecule has 0 aromatic heterocycles. The molecule has 0 unspecified atom stereocenters. The van der Waals surface area contributed by atoms with Gasteiger partial charge in [-0.15, -0.1) is 0 Å². The Balaban J connectivity index is 2.03. The van der Waals surface area contributed by atoms with E-state index in [4.69, 9.17) is 0 Å². The maximum absolute atomic E-state index is 12.0. The summed E-state index contributed by atoms with van der Waals surface area (Å²) in [6.45, 7) is 7.95. The van der Waals surface area contributed by atoms with Crippen LogP contribution in [-0.2, 0) is 0 Å². The van der Waals surface area contributed by atoms with Crippen LogP contribution in [0.3, 0.4) is 0 Å². The summed E-state index contributed by atoms with van der Waals surface area (Å²) in [5.41, 5.74) is 11.7. The molecule has 0 atom stereocenters. The number of rotatable bonds is 3. The first-order valence-corrected chi connectivity index (χ1v) is 6.94. The number of hydrazine groups is 1. The van der Waals surface area contributed by atoms with Gasteiger partial charge in [-0.05, 0) is 49.9 Å². The normalized spacial score (nSPS) is 10.1. The molecule has 2 rings (SSSR count). The van der Waals surface area contributed by atoms with Crippen LogP contribution in [0.2, 0.25) is 0 Å². The van der Waals surface area contributed by atoms with Crippen LogP contribution >= 0.6 is 0 Å². The van der Waals surface area contributed by atoms with Crippen molar-refractivity contribution in [3.05, 3.63) is 58.7 Å². The molecule has 0 aliphatic heterocycles. The molecule has 0 spiro atoms. The average Bonchev–Trinajstić information content (AvgIpc) is 2.42. The van der Waals surface area contributed by atoms with Crippen molar-refractivity contribution in [2.45, 2.75) is 27.7 Å². The molecule has 0 radical (unpaired) electrons. The van der Waals surface area contributed by atoms with Crippen molar-refractivity contribution in [2.24, 2.45) is 0 Å². The molecule has 2 amide bonds. The summed E-state index contributed by atoms with van der Waals surface area (Å²) < 4.78 is 0. The Kier molecular flexibility index (Phi) is 4.48. The Labute approximate surface area is 125 Å². The van der Waals surface area contributed by atoms with E-state index in [0.29, 0.717) is 0 Å². The third kappa shape index (κ3) is 3.54. The topological polar surface area (TPSA) is 53.2 Å². The molecule has 21 heavy (non-hydrogen) atoms. The number of anilines is 2. The lowest BCUT2D eigenvalue weighted by Gasteiger charge is -2.15. The largest absolute Gasteiger partial charge is 0.337 e. The Hall–Kier alpha value is -2.49. The number of urea groups is 1. The van der Waals surface area contributed by atoms with E-state index < -0.39 is 0 Å². The highest BCUT2D eigenvalue weighted by Gasteiger charge is 2.07. The average molecular weight is 283 g/mol. The molecular weight excluding hydrogens is 262 g/mol. The lowest BCUT2D eigenvalue weighted by atomic mass is 10.1. The van der Waals surface area contributed by atoms with Gasteiger partial charge >= 0.3 is 6.03 Å². The van der Waals surface area contributed by atoms with Crippen molar-refractivity contribution in [1.82, 2.24) is 5.43 Å². The molecule has 0 aliphatic carbocycles. The molecule has 2 aromatic carbocycles. The zero-order valence-electron chi connectivity index (χ0n) is 12.9. The van der Waals surface area contributed by atoms with Crippen molar-refractivity contribution in [3.8, 4) is 0 Å². The van der Waals surface area contributed by atoms with E-state index in [1.54, 1.807) is 0 Å². The van der Waals surface area contributed by atoms with Crippen LogP contribution in [0.1, 0.15) is 22.3 Å². The van der Waals surface area contributed by atoms with Crippen LogP contribution in [-0.4, -0.2) is 6.03 Å². The van der Waals surface area contributed by atoms with Crippen LogP contribution < -0.4 is 16.2 Å². The highest BCUT2D eigenvalue weighted by atomic mass is 16.2. The molecule has 0 fully saturated rings. The summed E-state index contributed by atoms with van der Waals surface area (Å²) in [5.74, 6) is 0. The lowest BCUT2D eigenvalue weighted by Crippen LogP contribution is -2.34. The van der Waals surface area contributed by atoms with Crippen molar-refractivity contribution >= 4 is 17.4 Å². The fourth-order valence-corrected chi connectivity index (χ4v) is 2.29. The first-order valence-electron chi connectivity index (χ1n) is 6.94. The predicted octanol–water partition coefficient (Wildman–Crippen LogP) is 4.07. The van der Waals surface area contributed by atoms with Gasteiger partial charge in [-0.3, -0.25) is 10.9 Å². The zero-order chi connectivity index (χ0) is 15.4. The summed E-state index contributed by atoms with van der Waals surface area (Å²) in [6, 6.07) is 11.6. The zero-order valence-corrected chi connectivity index (χ0v) is 12.9. The molecule has 4 heteroatoms. The van der Waals surface area contributed by atoms with Gasteiger partial charge in [0.15, 0.2) is 0 Å². The van der Waals surface area contributed by atoms with Crippen molar-refractivity contribution in [2.75, 3.05) is 10.7 Å². The second kappa shape index (κ2) is 6.31. The van der Waals surface area contributed by atoms with Crippen LogP contribution in [0.25, 0.3) is 0 Å². The Morgan fingerprint density at radius 2 is 1.19 bits per heavy atom. The summed E-state index contributed by atoms with van der Waals surface area (Å²) in [4.78, 5) is 12.0. The van der Waals surface area contributed by atoms with E-state index in [1.165, 1.54) is 0 Å². The van der Waals surface area contributed by atoms with Gasteiger partial charge in [-0.2, -0.15) is 0 Å². The Morgan fingerprint density at radius 1 is 0.762 bits per heavy atom. The maximum atomic E-state index is 12.0. The summed E-state index contributed by atoms with van der Waals surface area (Å²) in [7, 11) is 0. The highest BCUT2D eigenvalue weighted by molar-refractivity contribution is 5.91. The molecule has 2 aromatic rings. The van der Waals surface area contributed by atoms with E-state index >= 15 is 0 Å². The minimum atomic E-state index is -0.282. The van der Waals surface area contributed by atoms with E-state index in [1.807, 2.05) is 64.1 Å². The Bertz CT molecular complexity index is 625. The monoisotopic (exact) mass is 283 g/mol. The van der Waals surface area contributed by atoms with Crippen molar-refractivity contribution < 1.29 is 4.79 Å². The second-order valence-corrected chi connectivity index (χ2v) is 5.24. The van der Waals surface area contributed by atoms with Crippen molar-refractivity contribution in [1.29, 1.82) is 0 Å². The minimum Gasteiger partial charge on any atom is -0.306 e. The second-order valence-electron chi connectivity index (χ2n) is 5.24. The first-order chi connectivity index (χ1) is 9.99. The fourth-order valence-electron chi connectivity index (χ4n) is 2.29. The van der Waals surface area contributed by atoms with Gasteiger partial charge in [-0.1, -0.05) is 36.4 Å².